The first-order valence-electron chi connectivity index (χ1n) is 3.11. The van der Waals surface area contributed by atoms with Gasteiger partial charge in [0.15, 0.2) is 0 Å². The number of rotatable bonds is 0. The topological polar surface area (TPSA) is 64.3 Å². The van der Waals surface area contributed by atoms with Gasteiger partial charge in [0.2, 0.25) is 0 Å². The summed E-state index contributed by atoms with van der Waals surface area (Å²) in [5, 5.41) is 16.8. The van der Waals surface area contributed by atoms with Crippen molar-refractivity contribution in [1.29, 1.82) is 5.26 Å². The Morgan fingerprint density at radius 3 is 2.80 bits per heavy atom. The van der Waals surface area contributed by atoms with Crippen LogP contribution in [0.25, 0.3) is 0 Å². The minimum absolute atomic E-state index is 0.0869. The second-order valence-corrected chi connectivity index (χ2v) is 2.34. The van der Waals surface area contributed by atoms with Gasteiger partial charge in [0.25, 0.3) is 0 Å². The van der Waals surface area contributed by atoms with Crippen LogP contribution < -0.4 is 0 Å². The molecule has 0 aromatic carbocycles. The molecule has 10 heavy (non-hydrogen) atoms. The summed E-state index contributed by atoms with van der Waals surface area (Å²) in [4.78, 5) is 11.6. The molecule has 0 bridgehead atoms. The molecule has 0 saturated carbocycles. The molecule has 1 aliphatic rings. The summed E-state index contributed by atoms with van der Waals surface area (Å²) in [6.07, 6.45) is -0.235. The molecule has 1 atom stereocenters. The second-order valence-electron chi connectivity index (χ2n) is 2.34. The van der Waals surface area contributed by atoms with Gasteiger partial charge in [-0.3, -0.25) is 0 Å². The highest BCUT2D eigenvalue weighted by Crippen LogP contribution is 2.14. The predicted octanol–water partition coefficient (Wildman–Crippen LogP) is 0.510. The Morgan fingerprint density at radius 1 is 1.80 bits per heavy atom. The Kier molecular flexibility index (Phi) is 1.76. The van der Waals surface area contributed by atoms with E-state index in [-0.39, 0.29) is 5.92 Å². The van der Waals surface area contributed by atoms with E-state index in [9.17, 15) is 4.79 Å². The Balaban J connectivity index is 2.45. The van der Waals surface area contributed by atoms with Crippen molar-refractivity contribution in [2.45, 2.75) is 6.42 Å². The monoisotopic (exact) mass is 140 g/mol. The van der Waals surface area contributed by atoms with Gasteiger partial charge in [-0.15, -0.1) is 0 Å². The van der Waals surface area contributed by atoms with Crippen molar-refractivity contribution in [3.05, 3.63) is 0 Å². The summed E-state index contributed by atoms with van der Waals surface area (Å²) < 4.78 is 0. The fraction of sp³-hybridized carbons (Fsp3) is 0.667. The first-order chi connectivity index (χ1) is 4.74. The summed E-state index contributed by atoms with van der Waals surface area (Å²) in [7, 11) is 0. The summed E-state index contributed by atoms with van der Waals surface area (Å²) in [5.41, 5.74) is 0. The van der Waals surface area contributed by atoms with Crippen LogP contribution in [0.2, 0.25) is 0 Å². The lowest BCUT2D eigenvalue weighted by molar-refractivity contribution is 0.155. The van der Waals surface area contributed by atoms with Crippen LogP contribution in [-0.4, -0.2) is 29.2 Å². The molecular weight excluding hydrogens is 132 g/mol. The van der Waals surface area contributed by atoms with Gasteiger partial charge in [-0.05, 0) is 6.42 Å². The lowest BCUT2D eigenvalue weighted by atomic mass is 10.1. The van der Waals surface area contributed by atoms with Gasteiger partial charge in [-0.1, -0.05) is 0 Å². The highest BCUT2D eigenvalue weighted by atomic mass is 16.4. The molecule has 1 fully saturated rings. The third-order valence-corrected chi connectivity index (χ3v) is 1.64. The molecule has 1 saturated heterocycles. The van der Waals surface area contributed by atoms with Gasteiger partial charge in [0, 0.05) is 13.1 Å². The molecule has 1 amide bonds. The molecule has 0 radical (unpaired) electrons. The van der Waals surface area contributed by atoms with Gasteiger partial charge < -0.3 is 10.0 Å². The molecule has 0 spiro atoms. The number of carbonyl (C=O) groups is 1. The quantitative estimate of drug-likeness (QED) is 0.533. The second kappa shape index (κ2) is 2.56. The van der Waals surface area contributed by atoms with Gasteiger partial charge >= 0.3 is 6.09 Å². The number of carboxylic acid groups (broad SMARTS) is 1. The molecule has 0 aliphatic carbocycles. The maximum Gasteiger partial charge on any atom is 0.407 e. The largest absolute Gasteiger partial charge is 0.465 e. The number of likely N-dealkylation sites (tertiary alicyclic amines) is 1. The van der Waals surface area contributed by atoms with E-state index >= 15 is 0 Å². The summed E-state index contributed by atoms with van der Waals surface area (Å²) in [6.45, 7) is 0.888. The van der Waals surface area contributed by atoms with Crippen molar-refractivity contribution in [2.24, 2.45) is 5.92 Å². The zero-order chi connectivity index (χ0) is 7.56. The zero-order valence-electron chi connectivity index (χ0n) is 5.45. The van der Waals surface area contributed by atoms with E-state index in [1.54, 1.807) is 0 Å². The lowest BCUT2D eigenvalue weighted by Gasteiger charge is -2.08. The number of hydrogen-bond acceptors (Lipinski definition) is 2. The average molecular weight is 140 g/mol. The highest BCUT2D eigenvalue weighted by Gasteiger charge is 2.24. The maximum atomic E-state index is 10.3. The molecule has 54 valence electrons. The Hall–Kier alpha value is -1.24. The van der Waals surface area contributed by atoms with E-state index in [4.69, 9.17) is 10.4 Å². The van der Waals surface area contributed by atoms with E-state index in [1.165, 1.54) is 4.90 Å². The average Bonchev–Trinajstić information content (AvgIpc) is 2.34. The molecule has 4 nitrogen and oxygen atoms in total. The van der Waals surface area contributed by atoms with Crippen molar-refractivity contribution < 1.29 is 9.90 Å². The van der Waals surface area contributed by atoms with E-state index in [0.29, 0.717) is 19.5 Å². The first kappa shape index (κ1) is 6.87. The predicted molar refractivity (Wildman–Crippen MR) is 33.3 cm³/mol. The smallest absolute Gasteiger partial charge is 0.407 e. The van der Waals surface area contributed by atoms with Crippen LogP contribution in [0.3, 0.4) is 0 Å². The van der Waals surface area contributed by atoms with Crippen LogP contribution >= 0.6 is 0 Å². The molecule has 1 N–H and O–H groups in total. The SMILES string of the molecule is N#CC1CCN(C(=O)O)C1. The Labute approximate surface area is 58.7 Å². The summed E-state index contributed by atoms with van der Waals surface area (Å²) in [6, 6.07) is 2.04. The standard InChI is InChI=1S/C6H8N2O2/c7-3-5-1-2-8(4-5)6(9)10/h5H,1-2,4H2,(H,9,10). The van der Waals surface area contributed by atoms with Gasteiger partial charge in [-0.2, -0.15) is 5.26 Å². The Bertz CT molecular complexity index is 185. The van der Waals surface area contributed by atoms with Crippen LogP contribution in [-0.2, 0) is 0 Å². The summed E-state index contributed by atoms with van der Waals surface area (Å²) in [5.74, 6) is -0.0869. The maximum absolute atomic E-state index is 10.3. The summed E-state index contributed by atoms with van der Waals surface area (Å²) >= 11 is 0. The van der Waals surface area contributed by atoms with E-state index in [0.717, 1.165) is 0 Å². The molecule has 0 aromatic heterocycles. The number of amides is 1. The van der Waals surface area contributed by atoms with Crippen LogP contribution in [0.5, 0.6) is 0 Å². The molecule has 1 unspecified atom stereocenters. The minimum atomic E-state index is -0.919. The fourth-order valence-electron chi connectivity index (χ4n) is 1.04. The molecule has 1 aliphatic heterocycles. The van der Waals surface area contributed by atoms with Gasteiger partial charge in [0.1, 0.15) is 0 Å². The van der Waals surface area contributed by atoms with Crippen molar-refractivity contribution in [1.82, 2.24) is 4.90 Å². The minimum Gasteiger partial charge on any atom is -0.465 e. The molecular formula is C6H8N2O2. The van der Waals surface area contributed by atoms with Crippen molar-refractivity contribution in [3.63, 3.8) is 0 Å². The van der Waals surface area contributed by atoms with Crippen LogP contribution in [0, 0.1) is 17.2 Å². The van der Waals surface area contributed by atoms with Crippen LogP contribution in [0.4, 0.5) is 4.79 Å². The normalized spacial score (nSPS) is 24.3. The van der Waals surface area contributed by atoms with Crippen molar-refractivity contribution in [3.8, 4) is 6.07 Å². The van der Waals surface area contributed by atoms with Crippen LogP contribution in [0.1, 0.15) is 6.42 Å². The third-order valence-electron chi connectivity index (χ3n) is 1.64. The van der Waals surface area contributed by atoms with E-state index in [2.05, 4.69) is 0 Å². The van der Waals surface area contributed by atoms with Crippen molar-refractivity contribution >= 4 is 6.09 Å². The fourth-order valence-corrected chi connectivity index (χ4v) is 1.04. The first-order valence-corrected chi connectivity index (χ1v) is 3.11. The van der Waals surface area contributed by atoms with E-state index < -0.39 is 6.09 Å². The Morgan fingerprint density at radius 2 is 2.50 bits per heavy atom. The van der Waals surface area contributed by atoms with Crippen LogP contribution in [0.15, 0.2) is 0 Å². The lowest BCUT2D eigenvalue weighted by Crippen LogP contribution is -2.26. The molecule has 1 rings (SSSR count). The molecule has 0 aromatic rings. The van der Waals surface area contributed by atoms with Gasteiger partial charge in [0.05, 0.1) is 12.0 Å². The van der Waals surface area contributed by atoms with Gasteiger partial charge in [-0.25, -0.2) is 4.79 Å². The molecule has 4 heteroatoms. The number of nitriles is 1. The number of hydrogen-bond donors (Lipinski definition) is 1. The number of nitrogens with zero attached hydrogens (tertiary/aromatic N) is 2. The molecule has 1 heterocycles. The third kappa shape index (κ3) is 1.18. The van der Waals surface area contributed by atoms with E-state index in [1.807, 2.05) is 6.07 Å². The highest BCUT2D eigenvalue weighted by molar-refractivity contribution is 5.65. The van der Waals surface area contributed by atoms with Crippen molar-refractivity contribution in [2.75, 3.05) is 13.1 Å². The zero-order valence-corrected chi connectivity index (χ0v) is 5.45.